The lowest BCUT2D eigenvalue weighted by Gasteiger charge is -2.50. The van der Waals surface area contributed by atoms with Crippen LogP contribution in [0.25, 0.3) is 5.76 Å². The van der Waals surface area contributed by atoms with Gasteiger partial charge in [-0.15, -0.1) is 0 Å². The van der Waals surface area contributed by atoms with Gasteiger partial charge in [0.2, 0.25) is 5.78 Å². The molecular weight excluding hydrogens is 608 g/mol. The maximum atomic E-state index is 14.2. The highest BCUT2D eigenvalue weighted by atomic mass is 16.6. The summed E-state index contributed by atoms with van der Waals surface area (Å²) < 4.78 is 5.47. The summed E-state index contributed by atoms with van der Waals surface area (Å²) in [5, 5.41) is 46.4. The van der Waals surface area contributed by atoms with E-state index in [9.17, 15) is 39.6 Å². The number of ketones is 2. The van der Waals surface area contributed by atoms with Crippen LogP contribution in [0.2, 0.25) is 0 Å². The fraction of sp³-hybridized carbons (Fsp3) is 0.588. The van der Waals surface area contributed by atoms with E-state index in [0.29, 0.717) is 11.3 Å². The molecule has 0 radical (unpaired) electrons. The third kappa shape index (κ3) is 6.30. The van der Waals surface area contributed by atoms with Crippen molar-refractivity contribution < 1.29 is 44.3 Å². The molecule has 1 aromatic carbocycles. The molecule has 47 heavy (non-hydrogen) atoms. The number of hydrogen-bond acceptors (Lipinski definition) is 11. The number of nitrogens with two attached hydrogens (primary N) is 1. The quantitative estimate of drug-likeness (QED) is 0.270. The number of primary amides is 1. The van der Waals surface area contributed by atoms with E-state index in [4.69, 9.17) is 10.5 Å². The number of phenols is 1. The van der Waals surface area contributed by atoms with Crippen molar-refractivity contribution in [2.75, 3.05) is 39.6 Å². The van der Waals surface area contributed by atoms with Crippen molar-refractivity contribution in [3.63, 3.8) is 0 Å². The Bertz CT molecular complexity index is 1550. The van der Waals surface area contributed by atoms with Crippen molar-refractivity contribution in [2.45, 2.75) is 79.2 Å². The number of carbonyl (C=O) groups is 4. The first kappa shape index (κ1) is 37.4. The number of phenolic OH excluding ortho intramolecular Hbond substituents is 1. The zero-order valence-electron chi connectivity index (χ0n) is 28.0. The van der Waals surface area contributed by atoms with Gasteiger partial charge >= 0.3 is 6.09 Å². The average Bonchev–Trinajstić information content (AvgIpc) is 2.90. The molecule has 1 fully saturated rings. The van der Waals surface area contributed by atoms with Crippen molar-refractivity contribution in [3.8, 4) is 5.75 Å². The van der Waals surface area contributed by atoms with Crippen LogP contribution in [0.4, 0.5) is 10.5 Å². The molecule has 6 N–H and O–H groups in total. The van der Waals surface area contributed by atoms with Crippen molar-refractivity contribution in [1.29, 1.82) is 0 Å². The molecule has 13 nitrogen and oxygen atoms in total. The number of Topliss-reactive ketones (excluding diaryl/α,β-unsaturated/α-hetero) is 2. The van der Waals surface area contributed by atoms with Crippen molar-refractivity contribution in [3.05, 3.63) is 39.7 Å². The first-order chi connectivity index (χ1) is 21.1. The number of ether oxygens (including phenoxy) is 1. The minimum Gasteiger partial charge on any atom is -0.508 e. The van der Waals surface area contributed by atoms with Gasteiger partial charge in [-0.05, 0) is 63.7 Å². The highest BCUT2D eigenvalue weighted by Gasteiger charge is 2.64. The number of likely N-dealkylation sites (N-methyl/N-ethyl adjacent to an activating group) is 1. The van der Waals surface area contributed by atoms with Gasteiger partial charge in [-0.3, -0.25) is 19.3 Å². The standard InChI is InChI=1S/C33H46N4O9.CH4/c1-15(2)46-31(44)37(14-32(3,4)5)13-17-12-20(35(6)7)18-10-16-11-19-24(36(8)9)27(40)23(30(34)43)29(42)33(19,45)28(41)21(16)26(39)22(18)25(17)38;/h12,15-16,19,24,38-39,42,45H,10-11,13-14H2,1-9H3,(H2,34,43);1H4/t16-,19-,24-,33-;/m0./s1. The number of anilines is 1. The van der Waals surface area contributed by atoms with Crippen LogP contribution < -0.4 is 10.6 Å². The van der Waals surface area contributed by atoms with E-state index in [1.54, 1.807) is 53.0 Å². The van der Waals surface area contributed by atoms with Crippen LogP contribution in [0.5, 0.6) is 5.75 Å². The van der Waals surface area contributed by atoms with Crippen LogP contribution in [0.1, 0.15) is 65.2 Å². The van der Waals surface area contributed by atoms with Gasteiger partial charge in [0.25, 0.3) is 5.91 Å². The monoisotopic (exact) mass is 658 g/mol. The summed E-state index contributed by atoms with van der Waals surface area (Å²) in [6, 6.07) is 0.563. The fourth-order valence-corrected chi connectivity index (χ4v) is 7.10. The molecule has 260 valence electrons. The first-order valence-corrected chi connectivity index (χ1v) is 15.3. The Morgan fingerprint density at radius 1 is 1.11 bits per heavy atom. The molecule has 0 saturated heterocycles. The van der Waals surface area contributed by atoms with Gasteiger partial charge in [-0.1, -0.05) is 28.2 Å². The lowest BCUT2D eigenvalue weighted by Crippen LogP contribution is -2.65. The van der Waals surface area contributed by atoms with Crippen molar-refractivity contribution in [2.24, 2.45) is 23.0 Å². The highest BCUT2D eigenvalue weighted by molar-refractivity contribution is 6.24. The Kier molecular flexibility index (Phi) is 10.2. The fourth-order valence-electron chi connectivity index (χ4n) is 7.10. The summed E-state index contributed by atoms with van der Waals surface area (Å²) in [4.78, 5) is 57.6. The normalized spacial score (nSPS) is 24.0. The van der Waals surface area contributed by atoms with E-state index < -0.39 is 64.1 Å². The van der Waals surface area contributed by atoms with Crippen molar-refractivity contribution in [1.82, 2.24) is 9.80 Å². The van der Waals surface area contributed by atoms with Gasteiger partial charge in [0, 0.05) is 43.4 Å². The van der Waals surface area contributed by atoms with E-state index >= 15 is 0 Å². The summed E-state index contributed by atoms with van der Waals surface area (Å²) in [5.74, 6) is -7.15. The highest BCUT2D eigenvalue weighted by Crippen LogP contribution is 2.54. The Hall–Kier alpha value is -4.10. The third-order valence-electron chi connectivity index (χ3n) is 8.88. The van der Waals surface area contributed by atoms with E-state index in [1.807, 2.05) is 20.8 Å². The molecule has 0 aromatic heterocycles. The first-order valence-electron chi connectivity index (χ1n) is 15.3. The smallest absolute Gasteiger partial charge is 0.410 e. The van der Waals surface area contributed by atoms with Crippen LogP contribution in [0.15, 0.2) is 23.0 Å². The Balaban J connectivity index is 0.00000600. The zero-order chi connectivity index (χ0) is 34.8. The number of benzene rings is 1. The maximum Gasteiger partial charge on any atom is 0.410 e. The topological polar surface area (TPSA) is 194 Å². The average molecular weight is 659 g/mol. The van der Waals surface area contributed by atoms with Crippen LogP contribution in [0.3, 0.4) is 0 Å². The zero-order valence-corrected chi connectivity index (χ0v) is 28.0. The number of amides is 2. The van der Waals surface area contributed by atoms with Gasteiger partial charge in [0.05, 0.1) is 24.3 Å². The minimum absolute atomic E-state index is 0. The number of aliphatic hydroxyl groups is 3. The minimum atomic E-state index is -2.73. The van der Waals surface area contributed by atoms with Gasteiger partial charge in [-0.2, -0.15) is 0 Å². The van der Waals surface area contributed by atoms with E-state index in [-0.39, 0.29) is 67.3 Å². The molecule has 3 aliphatic carbocycles. The number of aliphatic hydroxyl groups excluding tert-OH is 2. The molecule has 1 aromatic rings. The SMILES string of the molecule is C.CC(C)OC(=O)N(Cc1cc(N(C)C)c2c(c1O)C(O)=C1C(=O)[C@]3(O)C(O)=C(C(N)=O)C(=O)[C@@H](N(C)C)[C@@H]3C[C@@H]1C2)CC(C)(C)C. The number of nitrogens with zero attached hydrogens (tertiary/aromatic N) is 3. The predicted octanol–water partition coefficient (Wildman–Crippen LogP) is 3.06. The second-order valence-electron chi connectivity index (χ2n) is 14.5. The molecule has 2 amide bonds. The molecule has 0 spiro atoms. The summed E-state index contributed by atoms with van der Waals surface area (Å²) in [6.07, 6.45) is -0.829. The van der Waals surface area contributed by atoms with E-state index in [0.717, 1.165) is 0 Å². The number of hydrogen-bond donors (Lipinski definition) is 5. The Morgan fingerprint density at radius 3 is 2.19 bits per heavy atom. The number of rotatable bonds is 7. The molecule has 0 bridgehead atoms. The number of carbonyl (C=O) groups excluding carboxylic acids is 4. The van der Waals surface area contributed by atoms with Gasteiger partial charge in [0.1, 0.15) is 22.8 Å². The van der Waals surface area contributed by atoms with Crippen LogP contribution in [-0.4, -0.2) is 106 Å². The van der Waals surface area contributed by atoms with Gasteiger partial charge < -0.3 is 40.7 Å². The molecule has 0 heterocycles. The lowest BCUT2D eigenvalue weighted by atomic mass is 9.57. The van der Waals surface area contributed by atoms with Gasteiger partial charge in [-0.25, -0.2) is 4.79 Å². The number of fused-ring (bicyclic) bond motifs is 3. The van der Waals surface area contributed by atoms with Crippen LogP contribution in [0, 0.1) is 17.3 Å². The summed E-state index contributed by atoms with van der Waals surface area (Å²) >= 11 is 0. The molecule has 0 aliphatic heterocycles. The number of aromatic hydroxyl groups is 1. The Labute approximate surface area is 276 Å². The van der Waals surface area contributed by atoms with E-state index in [2.05, 4.69) is 0 Å². The third-order valence-corrected chi connectivity index (χ3v) is 8.88. The molecular formula is C34H50N4O9. The molecule has 0 unspecified atom stereocenters. The lowest BCUT2D eigenvalue weighted by molar-refractivity contribution is -0.153. The Morgan fingerprint density at radius 2 is 1.70 bits per heavy atom. The largest absolute Gasteiger partial charge is 0.508 e. The summed E-state index contributed by atoms with van der Waals surface area (Å²) in [5.41, 5.74) is 2.65. The van der Waals surface area contributed by atoms with Crippen LogP contribution in [-0.2, 0) is 32.1 Å². The van der Waals surface area contributed by atoms with Crippen molar-refractivity contribution >= 4 is 35.0 Å². The second kappa shape index (κ2) is 12.8. The second-order valence-corrected chi connectivity index (χ2v) is 14.5. The summed E-state index contributed by atoms with van der Waals surface area (Å²) in [6.45, 7) is 9.54. The van der Waals surface area contributed by atoms with Gasteiger partial charge in [0.15, 0.2) is 11.4 Å². The molecule has 4 rings (SSSR count). The summed E-state index contributed by atoms with van der Waals surface area (Å²) in [7, 11) is 6.68. The predicted molar refractivity (Wildman–Crippen MR) is 177 cm³/mol. The maximum absolute atomic E-state index is 14.2. The molecule has 13 heteroatoms. The molecule has 1 saturated carbocycles. The molecule has 4 atom stereocenters. The van der Waals surface area contributed by atoms with E-state index in [1.165, 1.54) is 9.80 Å². The van der Waals surface area contributed by atoms with Crippen LogP contribution >= 0.6 is 0 Å². The molecule has 3 aliphatic rings.